The molecule has 0 aromatic rings. The van der Waals surface area contributed by atoms with Crippen LogP contribution in [0.25, 0.3) is 0 Å². The summed E-state index contributed by atoms with van der Waals surface area (Å²) in [6.45, 7) is 2.76. The molecule has 1 aliphatic heterocycles. The van der Waals surface area contributed by atoms with Gasteiger partial charge in [0.2, 0.25) is 0 Å². The third kappa shape index (κ3) is 1.37. The molecule has 14 heavy (non-hydrogen) atoms. The molecule has 2 rings (SSSR count). The molecule has 0 radical (unpaired) electrons. The predicted octanol–water partition coefficient (Wildman–Crippen LogP) is 1.49. The van der Waals surface area contributed by atoms with Gasteiger partial charge < -0.3 is 0 Å². The average Bonchev–Trinajstić information content (AvgIpc) is 2.41. The monoisotopic (exact) mass is 193 g/mol. The third-order valence-corrected chi connectivity index (χ3v) is 3.56. The number of carbonyl (C=O) groups is 2. The van der Waals surface area contributed by atoms with Gasteiger partial charge in [-0.2, -0.15) is 0 Å². The number of hydrogen-bond donors (Lipinski definition) is 0. The summed E-state index contributed by atoms with van der Waals surface area (Å²) in [4.78, 5) is 24.1. The van der Waals surface area contributed by atoms with Crippen LogP contribution in [0.5, 0.6) is 0 Å². The van der Waals surface area contributed by atoms with Gasteiger partial charge in [0, 0.05) is 18.7 Å². The Bertz CT molecular complexity index is 279. The van der Waals surface area contributed by atoms with Crippen molar-refractivity contribution in [1.29, 1.82) is 0 Å². The maximum atomic E-state index is 11.3. The Morgan fingerprint density at radius 2 is 1.86 bits per heavy atom. The van der Waals surface area contributed by atoms with E-state index in [4.69, 9.17) is 0 Å². The van der Waals surface area contributed by atoms with Crippen LogP contribution in [-0.4, -0.2) is 23.3 Å². The van der Waals surface area contributed by atoms with Gasteiger partial charge >= 0.3 is 0 Å². The predicted molar refractivity (Wildman–Crippen MR) is 52.4 cm³/mol. The van der Waals surface area contributed by atoms with Gasteiger partial charge in [0.25, 0.3) is 11.8 Å². The van der Waals surface area contributed by atoms with Crippen LogP contribution in [0.2, 0.25) is 0 Å². The van der Waals surface area contributed by atoms with Crippen molar-refractivity contribution in [1.82, 2.24) is 4.90 Å². The van der Waals surface area contributed by atoms with E-state index >= 15 is 0 Å². The van der Waals surface area contributed by atoms with Gasteiger partial charge in [0.1, 0.15) is 0 Å². The van der Waals surface area contributed by atoms with Crippen molar-refractivity contribution in [2.75, 3.05) is 6.54 Å². The lowest BCUT2D eigenvalue weighted by Gasteiger charge is -2.43. The van der Waals surface area contributed by atoms with E-state index in [-0.39, 0.29) is 17.2 Å². The van der Waals surface area contributed by atoms with E-state index in [1.807, 2.05) is 0 Å². The maximum Gasteiger partial charge on any atom is 0.253 e. The molecule has 0 atom stereocenters. The van der Waals surface area contributed by atoms with Gasteiger partial charge in [-0.05, 0) is 24.7 Å². The first-order chi connectivity index (χ1) is 6.67. The summed E-state index contributed by atoms with van der Waals surface area (Å²) in [5, 5.41) is 0. The van der Waals surface area contributed by atoms with Gasteiger partial charge in [-0.15, -0.1) is 0 Å². The Labute approximate surface area is 83.8 Å². The highest BCUT2D eigenvalue weighted by Gasteiger charge is 2.39. The van der Waals surface area contributed by atoms with Gasteiger partial charge in [-0.3, -0.25) is 14.5 Å². The number of rotatable bonds is 3. The number of imide groups is 1. The van der Waals surface area contributed by atoms with Crippen LogP contribution in [0.15, 0.2) is 12.2 Å². The minimum atomic E-state index is -0.144. The minimum absolute atomic E-state index is 0.144. The molecule has 0 saturated heterocycles. The first-order valence-electron chi connectivity index (χ1n) is 5.20. The molecule has 0 aromatic carbocycles. The molecular formula is C11H15NO2. The van der Waals surface area contributed by atoms with Crippen LogP contribution in [0.4, 0.5) is 0 Å². The SMILES string of the molecule is CCC1(CN2C(=O)C=CC2=O)CCC1. The summed E-state index contributed by atoms with van der Waals surface area (Å²) >= 11 is 0. The van der Waals surface area contributed by atoms with Crippen LogP contribution < -0.4 is 0 Å². The lowest BCUT2D eigenvalue weighted by Crippen LogP contribution is -2.44. The molecule has 3 nitrogen and oxygen atoms in total. The van der Waals surface area contributed by atoms with Gasteiger partial charge in [0.05, 0.1) is 0 Å². The van der Waals surface area contributed by atoms with E-state index in [1.165, 1.54) is 23.5 Å². The van der Waals surface area contributed by atoms with Crippen LogP contribution in [-0.2, 0) is 9.59 Å². The van der Waals surface area contributed by atoms with Crippen LogP contribution >= 0.6 is 0 Å². The van der Waals surface area contributed by atoms with Gasteiger partial charge in [0.15, 0.2) is 0 Å². The van der Waals surface area contributed by atoms with Crippen LogP contribution in [0, 0.1) is 5.41 Å². The molecule has 0 spiro atoms. The molecular weight excluding hydrogens is 178 g/mol. The van der Waals surface area contributed by atoms with Crippen molar-refractivity contribution in [3.8, 4) is 0 Å². The fraction of sp³-hybridized carbons (Fsp3) is 0.636. The highest BCUT2D eigenvalue weighted by atomic mass is 16.2. The first kappa shape index (κ1) is 9.44. The Morgan fingerprint density at radius 1 is 1.29 bits per heavy atom. The highest BCUT2D eigenvalue weighted by molar-refractivity contribution is 6.12. The molecule has 1 saturated carbocycles. The standard InChI is InChI=1S/C11H15NO2/c1-2-11(6-3-7-11)8-12-9(13)4-5-10(12)14/h4-5H,2-3,6-8H2,1H3. The van der Waals surface area contributed by atoms with E-state index in [1.54, 1.807) is 0 Å². The molecule has 0 aromatic heterocycles. The number of nitrogens with zero attached hydrogens (tertiary/aromatic N) is 1. The van der Waals surface area contributed by atoms with Crippen molar-refractivity contribution in [2.24, 2.45) is 5.41 Å². The second-order valence-electron chi connectivity index (χ2n) is 4.30. The lowest BCUT2D eigenvalue weighted by atomic mass is 9.67. The Hall–Kier alpha value is -1.12. The zero-order valence-electron chi connectivity index (χ0n) is 8.45. The fourth-order valence-electron chi connectivity index (χ4n) is 2.22. The van der Waals surface area contributed by atoms with E-state index < -0.39 is 0 Å². The molecule has 0 unspecified atom stereocenters. The largest absolute Gasteiger partial charge is 0.275 e. The van der Waals surface area contributed by atoms with Crippen LogP contribution in [0.3, 0.4) is 0 Å². The first-order valence-corrected chi connectivity index (χ1v) is 5.20. The second kappa shape index (κ2) is 3.23. The molecule has 2 aliphatic rings. The zero-order valence-corrected chi connectivity index (χ0v) is 8.45. The van der Waals surface area contributed by atoms with E-state index in [2.05, 4.69) is 6.92 Å². The Kier molecular flexibility index (Phi) is 2.17. The average molecular weight is 193 g/mol. The van der Waals surface area contributed by atoms with Crippen molar-refractivity contribution in [3.63, 3.8) is 0 Å². The quantitative estimate of drug-likeness (QED) is 0.637. The molecule has 3 heteroatoms. The third-order valence-electron chi connectivity index (χ3n) is 3.56. The molecule has 1 heterocycles. The second-order valence-corrected chi connectivity index (χ2v) is 4.30. The lowest BCUT2D eigenvalue weighted by molar-refractivity contribution is -0.139. The van der Waals surface area contributed by atoms with E-state index in [0.717, 1.165) is 19.3 Å². The number of amides is 2. The molecule has 0 bridgehead atoms. The van der Waals surface area contributed by atoms with E-state index in [9.17, 15) is 9.59 Å². The van der Waals surface area contributed by atoms with Crippen molar-refractivity contribution < 1.29 is 9.59 Å². The summed E-state index contributed by atoms with van der Waals surface area (Å²) in [5.41, 5.74) is 0.233. The van der Waals surface area contributed by atoms with Gasteiger partial charge in [-0.25, -0.2) is 0 Å². The Balaban J connectivity index is 2.03. The summed E-state index contributed by atoms with van der Waals surface area (Å²) in [6.07, 6.45) is 7.33. The highest BCUT2D eigenvalue weighted by Crippen LogP contribution is 2.44. The summed E-state index contributed by atoms with van der Waals surface area (Å²) < 4.78 is 0. The summed E-state index contributed by atoms with van der Waals surface area (Å²) in [7, 11) is 0. The summed E-state index contributed by atoms with van der Waals surface area (Å²) in [5.74, 6) is -0.288. The van der Waals surface area contributed by atoms with Crippen molar-refractivity contribution >= 4 is 11.8 Å². The van der Waals surface area contributed by atoms with Crippen molar-refractivity contribution in [3.05, 3.63) is 12.2 Å². The van der Waals surface area contributed by atoms with Crippen LogP contribution in [0.1, 0.15) is 32.6 Å². The molecule has 1 aliphatic carbocycles. The molecule has 2 amide bonds. The Morgan fingerprint density at radius 3 is 2.21 bits per heavy atom. The topological polar surface area (TPSA) is 37.4 Å². The number of hydrogen-bond acceptors (Lipinski definition) is 2. The van der Waals surface area contributed by atoms with Crippen molar-refractivity contribution in [2.45, 2.75) is 32.6 Å². The smallest absolute Gasteiger partial charge is 0.253 e. The normalized spacial score (nSPS) is 24.2. The van der Waals surface area contributed by atoms with E-state index in [0.29, 0.717) is 6.54 Å². The molecule has 1 fully saturated rings. The summed E-state index contributed by atoms with van der Waals surface area (Å²) in [6, 6.07) is 0. The number of carbonyl (C=O) groups excluding carboxylic acids is 2. The molecule has 76 valence electrons. The minimum Gasteiger partial charge on any atom is -0.275 e. The van der Waals surface area contributed by atoms with Gasteiger partial charge in [-0.1, -0.05) is 13.3 Å². The maximum absolute atomic E-state index is 11.3. The zero-order chi connectivity index (χ0) is 10.2. The fourth-order valence-corrected chi connectivity index (χ4v) is 2.22. The molecule has 0 N–H and O–H groups in total.